The van der Waals surface area contributed by atoms with E-state index in [1.807, 2.05) is 12.1 Å². The fourth-order valence-electron chi connectivity index (χ4n) is 5.42. The van der Waals surface area contributed by atoms with E-state index in [4.69, 9.17) is 4.98 Å². The molecule has 7 aromatic rings. The monoisotopic (exact) mass is 579 g/mol. The normalized spacial score (nSPS) is 11.2. The minimum atomic E-state index is 0.853. The summed E-state index contributed by atoms with van der Waals surface area (Å²) >= 11 is 3.65. The van der Waals surface area contributed by atoms with Crippen LogP contribution in [-0.2, 0) is 0 Å². The molecule has 0 unspecified atom stereocenters. The lowest BCUT2D eigenvalue weighted by molar-refractivity contribution is 1.25. The molecule has 0 radical (unpaired) electrons. The fourth-order valence-corrected chi connectivity index (χ4v) is 5.79. The Labute approximate surface area is 241 Å². The average molecular weight is 581 g/mol. The van der Waals surface area contributed by atoms with Crippen LogP contribution in [0.4, 0.5) is 0 Å². The summed E-state index contributed by atoms with van der Waals surface area (Å²) in [6.07, 6.45) is 0. The maximum absolute atomic E-state index is 5.23. The Morgan fingerprint density at radius 1 is 0.550 bits per heavy atom. The minimum absolute atomic E-state index is 0.853. The lowest BCUT2D eigenvalue weighted by Crippen LogP contribution is -1.85. The van der Waals surface area contributed by atoms with Gasteiger partial charge in [-0.25, -0.2) is 4.98 Å². The molecule has 0 saturated heterocycles. The van der Waals surface area contributed by atoms with Crippen molar-refractivity contribution in [2.45, 2.75) is 6.92 Å². The van der Waals surface area contributed by atoms with Crippen molar-refractivity contribution in [2.75, 3.05) is 0 Å². The lowest BCUT2D eigenvalue weighted by atomic mass is 9.99. The van der Waals surface area contributed by atoms with Crippen molar-refractivity contribution in [3.8, 4) is 56.2 Å². The number of hydrogen-bond donors (Lipinski definition) is 2. The van der Waals surface area contributed by atoms with E-state index >= 15 is 0 Å². The van der Waals surface area contributed by atoms with E-state index in [2.05, 4.69) is 148 Å². The molecule has 0 saturated carbocycles. The summed E-state index contributed by atoms with van der Waals surface area (Å²) in [4.78, 5) is 12.5. The quantitative estimate of drug-likeness (QED) is 0.209. The van der Waals surface area contributed by atoms with Gasteiger partial charge in [-0.15, -0.1) is 0 Å². The molecule has 40 heavy (non-hydrogen) atoms. The molecule has 5 aromatic carbocycles. The predicted molar refractivity (Wildman–Crippen MR) is 170 cm³/mol. The molecule has 3 nitrogen and oxygen atoms in total. The van der Waals surface area contributed by atoms with E-state index in [-0.39, 0.29) is 0 Å². The second-order valence-electron chi connectivity index (χ2n) is 10.0. The first kappa shape index (κ1) is 24.4. The Morgan fingerprint density at radius 3 is 1.68 bits per heavy atom. The zero-order valence-corrected chi connectivity index (χ0v) is 23.5. The van der Waals surface area contributed by atoms with Crippen LogP contribution in [0.15, 0.2) is 132 Å². The van der Waals surface area contributed by atoms with Gasteiger partial charge in [0.1, 0.15) is 5.82 Å². The van der Waals surface area contributed by atoms with Crippen LogP contribution in [0, 0.1) is 6.92 Å². The van der Waals surface area contributed by atoms with Gasteiger partial charge in [-0.3, -0.25) is 0 Å². The second-order valence-corrected chi connectivity index (χ2v) is 10.9. The van der Waals surface area contributed by atoms with E-state index in [0.717, 1.165) is 55.0 Å². The smallest absolute Gasteiger partial charge is 0.140 e. The first-order valence-electron chi connectivity index (χ1n) is 13.3. The molecule has 2 aromatic heterocycles. The van der Waals surface area contributed by atoms with Crippen LogP contribution in [0.5, 0.6) is 0 Å². The number of hydrogen-bond acceptors (Lipinski definition) is 1. The lowest BCUT2D eigenvalue weighted by Gasteiger charge is -2.07. The molecule has 2 heterocycles. The highest BCUT2D eigenvalue weighted by Crippen LogP contribution is 2.38. The van der Waals surface area contributed by atoms with E-state index in [1.54, 1.807) is 0 Å². The summed E-state index contributed by atoms with van der Waals surface area (Å²) < 4.78 is 1.04. The van der Waals surface area contributed by atoms with Gasteiger partial charge in [-0.1, -0.05) is 125 Å². The minimum Gasteiger partial charge on any atom is -0.358 e. The number of aromatic nitrogens is 3. The average Bonchev–Trinajstić information content (AvgIpc) is 3.58. The van der Waals surface area contributed by atoms with Crippen LogP contribution in [0.2, 0.25) is 0 Å². The number of aryl methyl sites for hydroxylation is 1. The summed E-state index contributed by atoms with van der Waals surface area (Å²) in [7, 11) is 0. The molecular formula is C36H26BrN3. The number of nitrogens with zero attached hydrogens (tertiary/aromatic N) is 1. The van der Waals surface area contributed by atoms with Crippen LogP contribution >= 0.6 is 15.9 Å². The molecule has 0 atom stereocenters. The Hall–Kier alpha value is -4.67. The van der Waals surface area contributed by atoms with E-state index in [9.17, 15) is 0 Å². The first-order valence-corrected chi connectivity index (χ1v) is 14.1. The van der Waals surface area contributed by atoms with Crippen LogP contribution in [0.25, 0.3) is 67.1 Å². The summed E-state index contributed by atoms with van der Waals surface area (Å²) in [5.74, 6) is 0.853. The fraction of sp³-hybridized carbons (Fsp3) is 0.0278. The Kier molecular flexibility index (Phi) is 6.18. The van der Waals surface area contributed by atoms with Gasteiger partial charge in [0.15, 0.2) is 0 Å². The van der Waals surface area contributed by atoms with Gasteiger partial charge < -0.3 is 9.97 Å². The molecule has 0 fully saturated rings. The van der Waals surface area contributed by atoms with Gasteiger partial charge in [0.25, 0.3) is 0 Å². The third-order valence-electron chi connectivity index (χ3n) is 7.43. The molecule has 0 aliphatic heterocycles. The van der Waals surface area contributed by atoms with Crippen LogP contribution < -0.4 is 0 Å². The number of aromatic amines is 2. The molecule has 0 aliphatic carbocycles. The summed E-state index contributed by atoms with van der Waals surface area (Å²) in [5, 5.41) is 1.14. The zero-order valence-electron chi connectivity index (χ0n) is 21.9. The second kappa shape index (κ2) is 10.1. The number of fused-ring (bicyclic) bond motifs is 1. The number of H-pyrrole nitrogens is 2. The largest absolute Gasteiger partial charge is 0.358 e. The Bertz CT molecular complexity index is 1830. The molecule has 4 heteroatoms. The molecule has 192 valence electrons. The standard InChI is InChI=1S/C36H26BrN3/c1-23-33(31-22-30(37)20-21-32(31)38-23)36-39-34(28-16-12-26(13-17-28)24-8-4-2-5-9-24)35(40-36)29-18-14-27(15-19-29)25-10-6-3-7-11-25/h2-22,38H,1H3,(H,39,40). The van der Waals surface area contributed by atoms with Gasteiger partial charge in [0, 0.05) is 37.8 Å². The molecule has 7 rings (SSSR count). The molecular weight excluding hydrogens is 554 g/mol. The molecule has 0 aliphatic rings. The van der Waals surface area contributed by atoms with Crippen molar-refractivity contribution in [2.24, 2.45) is 0 Å². The molecule has 0 amide bonds. The molecule has 0 bridgehead atoms. The highest BCUT2D eigenvalue weighted by atomic mass is 79.9. The number of halogens is 1. The first-order chi connectivity index (χ1) is 19.6. The van der Waals surface area contributed by atoms with Crippen molar-refractivity contribution < 1.29 is 0 Å². The maximum atomic E-state index is 5.23. The maximum Gasteiger partial charge on any atom is 0.140 e. The van der Waals surface area contributed by atoms with Crippen molar-refractivity contribution in [3.05, 3.63) is 138 Å². The van der Waals surface area contributed by atoms with Crippen molar-refractivity contribution in [3.63, 3.8) is 0 Å². The summed E-state index contributed by atoms with van der Waals surface area (Å²) in [6, 6.07) is 44.7. The zero-order chi connectivity index (χ0) is 27.1. The van der Waals surface area contributed by atoms with Crippen molar-refractivity contribution in [1.29, 1.82) is 0 Å². The van der Waals surface area contributed by atoms with Gasteiger partial charge in [-0.2, -0.15) is 0 Å². The van der Waals surface area contributed by atoms with Gasteiger partial charge >= 0.3 is 0 Å². The molecule has 0 spiro atoms. The number of nitrogens with one attached hydrogen (secondary N) is 2. The van der Waals surface area contributed by atoms with Crippen LogP contribution in [0.3, 0.4) is 0 Å². The van der Waals surface area contributed by atoms with Crippen molar-refractivity contribution >= 4 is 26.8 Å². The van der Waals surface area contributed by atoms with Gasteiger partial charge in [-0.05, 0) is 47.4 Å². The number of imidazole rings is 1. The third-order valence-corrected chi connectivity index (χ3v) is 7.93. The van der Waals surface area contributed by atoms with Crippen LogP contribution in [-0.4, -0.2) is 15.0 Å². The summed E-state index contributed by atoms with van der Waals surface area (Å²) in [6.45, 7) is 2.11. The van der Waals surface area contributed by atoms with E-state index < -0.39 is 0 Å². The third kappa shape index (κ3) is 4.47. The number of benzene rings is 5. The summed E-state index contributed by atoms with van der Waals surface area (Å²) in [5.41, 5.74) is 12.2. The molecule has 2 N–H and O–H groups in total. The topological polar surface area (TPSA) is 44.5 Å². The number of rotatable bonds is 5. The van der Waals surface area contributed by atoms with Crippen LogP contribution in [0.1, 0.15) is 5.69 Å². The SMILES string of the molecule is Cc1[nH]c2ccc(Br)cc2c1-c1nc(-c2ccc(-c3ccccc3)cc2)c(-c2ccc(-c3ccccc3)cc2)[nH]1. The van der Waals surface area contributed by atoms with E-state index in [0.29, 0.717) is 0 Å². The highest BCUT2D eigenvalue weighted by molar-refractivity contribution is 9.10. The highest BCUT2D eigenvalue weighted by Gasteiger charge is 2.20. The predicted octanol–water partition coefficient (Wildman–Crippen LogP) is 10.3. The van der Waals surface area contributed by atoms with Crippen molar-refractivity contribution in [1.82, 2.24) is 15.0 Å². The Morgan fingerprint density at radius 2 is 1.07 bits per heavy atom. The van der Waals surface area contributed by atoms with Gasteiger partial charge in [0.2, 0.25) is 0 Å². The van der Waals surface area contributed by atoms with Gasteiger partial charge in [0.05, 0.1) is 11.4 Å². The van der Waals surface area contributed by atoms with E-state index in [1.165, 1.54) is 22.3 Å². The Balaban J connectivity index is 1.37.